The maximum Gasteiger partial charge on any atom is 0.0894 e. The van der Waals surface area contributed by atoms with Crippen LogP contribution in [-0.2, 0) is 0 Å². The van der Waals surface area contributed by atoms with E-state index in [1.807, 2.05) is 0 Å². The number of alkyl halides is 1. The second-order valence-corrected chi connectivity index (χ2v) is 4.30. The fraction of sp³-hybridized carbons (Fsp3) is 0.333. The van der Waals surface area contributed by atoms with Crippen LogP contribution in [0.15, 0.2) is 42.5 Å². The van der Waals surface area contributed by atoms with E-state index in [0.29, 0.717) is 12.3 Å². The molecule has 2 rings (SSSR count). The van der Waals surface area contributed by atoms with Gasteiger partial charge in [-0.1, -0.05) is 49.4 Å². The fourth-order valence-corrected chi connectivity index (χ4v) is 2.22. The molecule has 1 heteroatoms. The van der Waals surface area contributed by atoms with Crippen LogP contribution in [0.4, 0.5) is 4.39 Å². The highest BCUT2D eigenvalue weighted by atomic mass is 19.1. The molecule has 0 heterocycles. The highest BCUT2D eigenvalue weighted by Crippen LogP contribution is 2.28. The maximum atomic E-state index is 12.2. The van der Waals surface area contributed by atoms with E-state index < -0.39 is 0 Å². The van der Waals surface area contributed by atoms with Crippen LogP contribution in [0.5, 0.6) is 0 Å². The highest BCUT2D eigenvalue weighted by molar-refractivity contribution is 5.86. The van der Waals surface area contributed by atoms with Gasteiger partial charge in [-0.3, -0.25) is 4.39 Å². The number of benzene rings is 2. The standard InChI is InChI=1S/C15H17F/c1-12(6-5-11-16)14-10-4-8-13-7-2-3-9-15(13)14/h2-4,7-10,12H,5-6,11H2,1H3. The first-order chi connectivity index (χ1) is 7.83. The lowest BCUT2D eigenvalue weighted by molar-refractivity contribution is 0.448. The molecule has 0 fully saturated rings. The van der Waals surface area contributed by atoms with Gasteiger partial charge in [0.2, 0.25) is 0 Å². The SMILES string of the molecule is CC(CCCF)c1cccc2ccccc12. The Labute approximate surface area is 96.1 Å². The average molecular weight is 216 g/mol. The predicted molar refractivity (Wildman–Crippen MR) is 67.6 cm³/mol. The monoisotopic (exact) mass is 216 g/mol. The summed E-state index contributed by atoms with van der Waals surface area (Å²) in [6.45, 7) is 1.96. The quantitative estimate of drug-likeness (QED) is 0.695. The van der Waals surface area contributed by atoms with E-state index in [9.17, 15) is 4.39 Å². The summed E-state index contributed by atoms with van der Waals surface area (Å²) in [5.41, 5.74) is 1.34. The summed E-state index contributed by atoms with van der Waals surface area (Å²) in [6, 6.07) is 14.8. The van der Waals surface area contributed by atoms with Crippen LogP contribution in [0.1, 0.15) is 31.2 Å². The summed E-state index contributed by atoms with van der Waals surface area (Å²) >= 11 is 0. The molecule has 0 aliphatic carbocycles. The average Bonchev–Trinajstić information content (AvgIpc) is 2.35. The summed E-state index contributed by atoms with van der Waals surface area (Å²) in [5, 5.41) is 2.57. The number of rotatable bonds is 4. The Kier molecular flexibility index (Phi) is 3.55. The Balaban J connectivity index is 2.36. The van der Waals surface area contributed by atoms with Crippen molar-refractivity contribution < 1.29 is 4.39 Å². The molecule has 0 saturated carbocycles. The normalized spacial score (nSPS) is 12.9. The third kappa shape index (κ3) is 2.24. The Hall–Kier alpha value is -1.37. The molecule has 0 radical (unpaired) electrons. The second kappa shape index (κ2) is 5.11. The van der Waals surface area contributed by atoms with Gasteiger partial charge in [-0.15, -0.1) is 0 Å². The zero-order valence-electron chi connectivity index (χ0n) is 9.62. The topological polar surface area (TPSA) is 0 Å². The minimum atomic E-state index is -0.213. The van der Waals surface area contributed by atoms with E-state index >= 15 is 0 Å². The van der Waals surface area contributed by atoms with Gasteiger partial charge in [-0.2, -0.15) is 0 Å². The molecule has 0 N–H and O–H groups in total. The van der Waals surface area contributed by atoms with Crippen LogP contribution < -0.4 is 0 Å². The van der Waals surface area contributed by atoms with Gasteiger partial charge in [0.15, 0.2) is 0 Å². The Morgan fingerprint density at radius 1 is 1.06 bits per heavy atom. The lowest BCUT2D eigenvalue weighted by atomic mass is 9.92. The Morgan fingerprint density at radius 3 is 2.62 bits per heavy atom. The van der Waals surface area contributed by atoms with Crippen molar-refractivity contribution in [1.82, 2.24) is 0 Å². The molecular formula is C15H17F. The van der Waals surface area contributed by atoms with Crippen molar-refractivity contribution in [3.8, 4) is 0 Å². The van der Waals surface area contributed by atoms with Crippen LogP contribution >= 0.6 is 0 Å². The van der Waals surface area contributed by atoms with Gasteiger partial charge in [0.05, 0.1) is 6.67 Å². The van der Waals surface area contributed by atoms with E-state index in [0.717, 1.165) is 6.42 Å². The Bertz CT molecular complexity index is 456. The summed E-state index contributed by atoms with van der Waals surface area (Å²) in [6.07, 6.45) is 1.58. The van der Waals surface area contributed by atoms with Crippen LogP contribution in [-0.4, -0.2) is 6.67 Å². The first-order valence-electron chi connectivity index (χ1n) is 5.86. The molecule has 0 aliphatic heterocycles. The van der Waals surface area contributed by atoms with E-state index in [4.69, 9.17) is 0 Å². The van der Waals surface area contributed by atoms with Gasteiger partial charge in [0.1, 0.15) is 0 Å². The van der Waals surface area contributed by atoms with Gasteiger partial charge in [0.25, 0.3) is 0 Å². The highest BCUT2D eigenvalue weighted by Gasteiger charge is 2.08. The van der Waals surface area contributed by atoms with E-state index in [1.165, 1.54) is 16.3 Å². The number of hydrogen-bond acceptors (Lipinski definition) is 0. The molecule has 1 atom stereocenters. The van der Waals surface area contributed by atoms with E-state index in [1.54, 1.807) is 0 Å². The van der Waals surface area contributed by atoms with Crippen LogP contribution in [0.2, 0.25) is 0 Å². The molecule has 1 unspecified atom stereocenters. The molecule has 0 aromatic heterocycles. The van der Waals surface area contributed by atoms with Crippen molar-refractivity contribution in [3.63, 3.8) is 0 Å². The van der Waals surface area contributed by atoms with Gasteiger partial charge in [-0.25, -0.2) is 0 Å². The van der Waals surface area contributed by atoms with E-state index in [2.05, 4.69) is 49.4 Å². The molecule has 2 aromatic rings. The summed E-state index contributed by atoms with van der Waals surface area (Å²) in [5.74, 6) is 0.432. The van der Waals surface area contributed by atoms with Crippen molar-refractivity contribution in [2.45, 2.75) is 25.7 Å². The third-order valence-corrected chi connectivity index (χ3v) is 3.13. The summed E-state index contributed by atoms with van der Waals surface area (Å²) in [4.78, 5) is 0. The molecule has 0 aliphatic rings. The zero-order chi connectivity index (χ0) is 11.4. The molecular weight excluding hydrogens is 199 g/mol. The summed E-state index contributed by atoms with van der Waals surface area (Å²) < 4.78 is 12.2. The van der Waals surface area contributed by atoms with Gasteiger partial charge < -0.3 is 0 Å². The molecule has 2 aromatic carbocycles. The molecule has 0 amide bonds. The lowest BCUT2D eigenvalue weighted by Crippen LogP contribution is -1.95. The van der Waals surface area contributed by atoms with Gasteiger partial charge >= 0.3 is 0 Å². The maximum absolute atomic E-state index is 12.2. The lowest BCUT2D eigenvalue weighted by Gasteiger charge is -2.13. The Morgan fingerprint density at radius 2 is 1.81 bits per heavy atom. The van der Waals surface area contributed by atoms with Crippen LogP contribution in [0.3, 0.4) is 0 Å². The molecule has 0 nitrogen and oxygen atoms in total. The molecule has 0 spiro atoms. The second-order valence-electron chi connectivity index (χ2n) is 4.30. The fourth-order valence-electron chi connectivity index (χ4n) is 2.22. The largest absolute Gasteiger partial charge is 0.251 e. The van der Waals surface area contributed by atoms with Crippen molar-refractivity contribution in [2.75, 3.05) is 6.67 Å². The number of halogens is 1. The predicted octanol–water partition coefficient (Wildman–Crippen LogP) is 4.69. The van der Waals surface area contributed by atoms with E-state index in [-0.39, 0.29) is 6.67 Å². The van der Waals surface area contributed by atoms with Crippen molar-refractivity contribution in [2.24, 2.45) is 0 Å². The minimum Gasteiger partial charge on any atom is -0.251 e. The van der Waals surface area contributed by atoms with Gasteiger partial charge in [0, 0.05) is 0 Å². The summed E-state index contributed by atoms with van der Waals surface area (Å²) in [7, 11) is 0. The smallest absolute Gasteiger partial charge is 0.0894 e. The minimum absolute atomic E-state index is 0.213. The van der Waals surface area contributed by atoms with Crippen molar-refractivity contribution in [1.29, 1.82) is 0 Å². The molecule has 16 heavy (non-hydrogen) atoms. The molecule has 84 valence electrons. The van der Waals surface area contributed by atoms with Crippen molar-refractivity contribution >= 4 is 10.8 Å². The first kappa shape index (κ1) is 11.1. The number of fused-ring (bicyclic) bond motifs is 1. The van der Waals surface area contributed by atoms with Crippen molar-refractivity contribution in [3.05, 3.63) is 48.0 Å². The zero-order valence-corrected chi connectivity index (χ0v) is 9.62. The van der Waals surface area contributed by atoms with Gasteiger partial charge in [-0.05, 0) is 35.1 Å². The van der Waals surface area contributed by atoms with Crippen LogP contribution in [0, 0.1) is 0 Å². The molecule has 0 saturated heterocycles. The number of hydrogen-bond donors (Lipinski definition) is 0. The van der Waals surface area contributed by atoms with Crippen LogP contribution in [0.25, 0.3) is 10.8 Å². The molecule has 0 bridgehead atoms. The third-order valence-electron chi connectivity index (χ3n) is 3.13. The first-order valence-corrected chi connectivity index (χ1v) is 5.86.